The average molecular weight is 495 g/mol. The van der Waals surface area contributed by atoms with Gasteiger partial charge in [0.2, 0.25) is 0 Å². The predicted molar refractivity (Wildman–Crippen MR) is 108 cm³/mol. The second kappa shape index (κ2) is 9.85. The van der Waals surface area contributed by atoms with Gasteiger partial charge in [-0.3, -0.25) is 0 Å². The van der Waals surface area contributed by atoms with E-state index < -0.39 is 23.9 Å². The van der Waals surface area contributed by atoms with Gasteiger partial charge in [-0.05, 0) is 23.2 Å². The van der Waals surface area contributed by atoms with Gasteiger partial charge in [-0.25, -0.2) is 14.6 Å². The molecule has 0 N–H and O–H groups in total. The third-order valence-electron chi connectivity index (χ3n) is 4.19. The molecule has 8 nitrogen and oxygen atoms in total. The normalized spacial score (nSPS) is 23.8. The highest BCUT2D eigenvalue weighted by Gasteiger charge is 2.53. The van der Waals surface area contributed by atoms with Crippen LogP contribution in [0.2, 0.25) is 0 Å². The maximum absolute atomic E-state index is 12.5. The van der Waals surface area contributed by atoms with Crippen molar-refractivity contribution in [2.24, 2.45) is 5.11 Å². The van der Waals surface area contributed by atoms with Gasteiger partial charge >= 0.3 is 5.97 Å². The molecule has 0 unspecified atom stereocenters. The van der Waals surface area contributed by atoms with E-state index in [-0.39, 0.29) is 17.6 Å². The minimum atomic E-state index is -1.36. The lowest BCUT2D eigenvalue weighted by Gasteiger charge is -2.28. The molecule has 0 amide bonds. The van der Waals surface area contributed by atoms with Crippen molar-refractivity contribution in [3.05, 3.63) is 82.2 Å². The lowest BCUT2D eigenvalue weighted by atomic mass is 10.1. The van der Waals surface area contributed by atoms with Crippen molar-refractivity contribution in [3.63, 3.8) is 0 Å². The number of carbonyl (C=O) groups is 1. The molecule has 2 aromatic carbocycles. The topological polar surface area (TPSA) is 103 Å². The summed E-state index contributed by atoms with van der Waals surface area (Å²) in [6.07, 6.45) is -1.69. The highest BCUT2D eigenvalue weighted by molar-refractivity contribution is 14.1. The van der Waals surface area contributed by atoms with Crippen LogP contribution in [0.4, 0.5) is 0 Å². The zero-order chi connectivity index (χ0) is 19.8. The van der Waals surface area contributed by atoms with Crippen LogP contribution in [0.15, 0.2) is 65.8 Å². The average Bonchev–Trinajstić information content (AvgIpc) is 3.07. The Kier molecular flexibility index (Phi) is 7.24. The van der Waals surface area contributed by atoms with Gasteiger partial charge in [0.15, 0.2) is 17.9 Å². The summed E-state index contributed by atoms with van der Waals surface area (Å²) >= 11 is 2.02. The van der Waals surface area contributed by atoms with Crippen LogP contribution in [0.25, 0.3) is 10.4 Å². The van der Waals surface area contributed by atoms with Gasteiger partial charge in [-0.15, -0.1) is 0 Å². The number of azide groups is 1. The zero-order valence-electron chi connectivity index (χ0n) is 14.8. The summed E-state index contributed by atoms with van der Waals surface area (Å²) in [4.78, 5) is 26.2. The lowest BCUT2D eigenvalue weighted by molar-refractivity contribution is -0.341. The van der Waals surface area contributed by atoms with Gasteiger partial charge < -0.3 is 9.47 Å². The molecule has 1 aliphatic rings. The zero-order valence-corrected chi connectivity index (χ0v) is 17.0. The summed E-state index contributed by atoms with van der Waals surface area (Å²) in [5.74, 6) is -0.560. The second-order valence-electron chi connectivity index (χ2n) is 6.05. The van der Waals surface area contributed by atoms with Crippen LogP contribution in [0.5, 0.6) is 0 Å². The number of hydrogen-bond acceptors (Lipinski definition) is 6. The van der Waals surface area contributed by atoms with Crippen molar-refractivity contribution in [2.75, 3.05) is 11.0 Å². The second-order valence-corrected chi connectivity index (χ2v) is 6.82. The van der Waals surface area contributed by atoms with Gasteiger partial charge in [0.25, 0.3) is 0 Å². The standard InChI is InChI=1S/C19H18IN3O5/c20-13-19(22-23-21)17(27-18(24)15-9-5-2-6-10-15)16(12-25-19)28-26-11-14-7-3-1-4-8-14/h1-10,16-17H,11-13H2/t16-,17-,19+/m0/s1. The molecule has 0 aromatic heterocycles. The van der Waals surface area contributed by atoms with E-state index in [9.17, 15) is 4.79 Å². The Morgan fingerprint density at radius 2 is 1.89 bits per heavy atom. The molecular formula is C19H18IN3O5. The van der Waals surface area contributed by atoms with E-state index in [0.29, 0.717) is 5.56 Å². The summed E-state index contributed by atoms with van der Waals surface area (Å²) in [5, 5.41) is 3.76. The van der Waals surface area contributed by atoms with Crippen LogP contribution >= 0.6 is 22.6 Å². The Bertz CT molecular complexity index is 832. The van der Waals surface area contributed by atoms with Crippen molar-refractivity contribution >= 4 is 28.6 Å². The third kappa shape index (κ3) is 4.81. The molecule has 28 heavy (non-hydrogen) atoms. The first kappa shape index (κ1) is 20.6. The summed E-state index contributed by atoms with van der Waals surface area (Å²) in [5.41, 5.74) is 8.91. The quantitative estimate of drug-likeness (QED) is 0.0799. The first-order valence-corrected chi connectivity index (χ1v) is 10.1. The SMILES string of the molecule is [N-]=[N+]=N[C@]1(CI)OC[C@H](OOCc2ccccc2)[C@@H]1OC(=O)c1ccccc1. The summed E-state index contributed by atoms with van der Waals surface area (Å²) in [7, 11) is 0. The van der Waals surface area contributed by atoms with Crippen LogP contribution in [0, 0.1) is 0 Å². The number of hydrogen-bond donors (Lipinski definition) is 0. The van der Waals surface area contributed by atoms with Gasteiger partial charge in [0.1, 0.15) is 6.61 Å². The molecule has 3 atom stereocenters. The van der Waals surface area contributed by atoms with Gasteiger partial charge in [0.05, 0.1) is 12.2 Å². The summed E-state index contributed by atoms with van der Waals surface area (Å²) < 4.78 is 11.6. The van der Waals surface area contributed by atoms with Crippen molar-refractivity contribution < 1.29 is 24.0 Å². The minimum Gasteiger partial charge on any atom is -0.452 e. The molecule has 1 saturated heterocycles. The molecule has 1 fully saturated rings. The van der Waals surface area contributed by atoms with E-state index in [1.165, 1.54) is 0 Å². The van der Waals surface area contributed by atoms with E-state index in [4.69, 9.17) is 24.8 Å². The Labute approximate surface area is 175 Å². The number of esters is 1. The van der Waals surface area contributed by atoms with E-state index in [2.05, 4.69) is 10.0 Å². The summed E-state index contributed by atoms with van der Waals surface area (Å²) in [6.45, 7) is 0.277. The number of carbonyl (C=O) groups excluding carboxylic acids is 1. The fourth-order valence-corrected chi connectivity index (χ4v) is 3.56. The molecule has 0 aliphatic carbocycles. The first-order chi connectivity index (χ1) is 13.7. The van der Waals surface area contributed by atoms with Crippen molar-refractivity contribution in [1.82, 2.24) is 0 Å². The van der Waals surface area contributed by atoms with E-state index in [1.807, 2.05) is 52.9 Å². The molecule has 2 aromatic rings. The van der Waals surface area contributed by atoms with Crippen LogP contribution in [0.3, 0.4) is 0 Å². The largest absolute Gasteiger partial charge is 0.452 e. The molecule has 0 spiro atoms. The molecule has 0 bridgehead atoms. The van der Waals surface area contributed by atoms with Crippen LogP contribution in [-0.2, 0) is 25.9 Å². The van der Waals surface area contributed by atoms with Crippen LogP contribution in [-0.4, -0.2) is 34.9 Å². The van der Waals surface area contributed by atoms with Gasteiger partial charge in [-0.1, -0.05) is 76.2 Å². The van der Waals surface area contributed by atoms with Crippen molar-refractivity contribution in [1.29, 1.82) is 0 Å². The molecule has 0 saturated carbocycles. The molecule has 1 aliphatic heterocycles. The van der Waals surface area contributed by atoms with Gasteiger partial charge in [-0.2, -0.15) is 0 Å². The monoisotopic (exact) mass is 495 g/mol. The maximum Gasteiger partial charge on any atom is 0.338 e. The highest BCUT2D eigenvalue weighted by Crippen LogP contribution is 2.35. The number of halogens is 1. The smallest absolute Gasteiger partial charge is 0.338 e. The molecule has 9 heteroatoms. The highest BCUT2D eigenvalue weighted by atomic mass is 127. The Hall–Kier alpha value is -2.17. The van der Waals surface area contributed by atoms with Crippen molar-refractivity contribution in [2.45, 2.75) is 24.5 Å². The number of alkyl halides is 1. The van der Waals surface area contributed by atoms with Crippen LogP contribution < -0.4 is 0 Å². The third-order valence-corrected chi connectivity index (χ3v) is 5.28. The molecule has 3 rings (SSSR count). The Morgan fingerprint density at radius 1 is 1.21 bits per heavy atom. The fraction of sp³-hybridized carbons (Fsp3) is 0.316. The Morgan fingerprint density at radius 3 is 2.54 bits per heavy atom. The van der Waals surface area contributed by atoms with E-state index >= 15 is 0 Å². The minimum absolute atomic E-state index is 0.0591. The van der Waals surface area contributed by atoms with E-state index in [1.54, 1.807) is 30.3 Å². The number of nitrogens with zero attached hydrogens (tertiary/aromatic N) is 3. The fourth-order valence-electron chi connectivity index (χ4n) is 2.76. The predicted octanol–water partition coefficient (Wildman–Crippen LogP) is 4.20. The Balaban J connectivity index is 1.72. The number of ether oxygens (including phenoxy) is 2. The molecule has 0 radical (unpaired) electrons. The lowest BCUT2D eigenvalue weighted by Crippen LogP contribution is -2.46. The van der Waals surface area contributed by atoms with Crippen molar-refractivity contribution in [3.8, 4) is 0 Å². The molecule has 146 valence electrons. The summed E-state index contributed by atoms with van der Waals surface area (Å²) in [6, 6.07) is 18.0. The number of rotatable bonds is 8. The first-order valence-electron chi connectivity index (χ1n) is 8.53. The van der Waals surface area contributed by atoms with Gasteiger partial charge in [0, 0.05) is 9.34 Å². The van der Waals surface area contributed by atoms with Crippen LogP contribution in [0.1, 0.15) is 15.9 Å². The van der Waals surface area contributed by atoms with E-state index in [0.717, 1.165) is 5.56 Å². The maximum atomic E-state index is 12.5. The molecular weight excluding hydrogens is 477 g/mol. The number of benzene rings is 2. The molecule has 1 heterocycles.